The Labute approximate surface area is 118 Å². The number of hydrogen-bond acceptors (Lipinski definition) is 3. The van der Waals surface area contributed by atoms with Gasteiger partial charge in [-0.1, -0.05) is 18.2 Å². The highest BCUT2D eigenvalue weighted by Crippen LogP contribution is 2.39. The highest BCUT2D eigenvalue weighted by Gasteiger charge is 2.18. The molecule has 0 aliphatic carbocycles. The molecule has 0 bridgehead atoms. The smallest absolute Gasteiger partial charge is 0.130 e. The number of para-hydroxylation sites is 1. The van der Waals surface area contributed by atoms with Crippen molar-refractivity contribution in [3.05, 3.63) is 59.7 Å². The summed E-state index contributed by atoms with van der Waals surface area (Å²) in [4.78, 5) is 0. The van der Waals surface area contributed by atoms with E-state index in [1.54, 1.807) is 14.2 Å². The zero-order valence-corrected chi connectivity index (χ0v) is 11.6. The van der Waals surface area contributed by atoms with E-state index in [0.29, 0.717) is 6.61 Å². The minimum absolute atomic E-state index is 0.571. The van der Waals surface area contributed by atoms with Gasteiger partial charge in [-0.05, 0) is 29.8 Å². The second-order valence-corrected chi connectivity index (χ2v) is 4.49. The van der Waals surface area contributed by atoms with Gasteiger partial charge in [0, 0.05) is 17.2 Å². The van der Waals surface area contributed by atoms with Gasteiger partial charge in [0.05, 0.1) is 14.2 Å². The van der Waals surface area contributed by atoms with Crippen LogP contribution in [0.1, 0.15) is 11.1 Å². The van der Waals surface area contributed by atoms with Crippen LogP contribution in [0.15, 0.2) is 48.5 Å². The summed E-state index contributed by atoms with van der Waals surface area (Å²) in [5.74, 6) is 2.49. The van der Waals surface area contributed by atoms with Gasteiger partial charge in [-0.2, -0.15) is 0 Å². The van der Waals surface area contributed by atoms with E-state index < -0.39 is 0 Å². The average molecular weight is 268 g/mol. The van der Waals surface area contributed by atoms with Crippen molar-refractivity contribution in [2.75, 3.05) is 20.8 Å². The summed E-state index contributed by atoms with van der Waals surface area (Å²) in [7, 11) is 3.32. The van der Waals surface area contributed by atoms with Crippen molar-refractivity contribution in [1.82, 2.24) is 0 Å². The molecule has 0 radical (unpaired) electrons. The fourth-order valence-corrected chi connectivity index (χ4v) is 2.42. The molecular formula is C17H16O3. The number of fused-ring (bicyclic) bond motifs is 1. The number of hydrogen-bond donors (Lipinski definition) is 0. The SMILES string of the molecule is COc1ccc(C2=CCOc3ccccc32)c(OC)c1. The number of benzene rings is 2. The zero-order valence-electron chi connectivity index (χ0n) is 11.6. The van der Waals surface area contributed by atoms with E-state index in [9.17, 15) is 0 Å². The van der Waals surface area contributed by atoms with Crippen LogP contribution < -0.4 is 14.2 Å². The van der Waals surface area contributed by atoms with Gasteiger partial charge in [-0.15, -0.1) is 0 Å². The maximum atomic E-state index is 5.65. The molecule has 0 spiro atoms. The molecule has 0 saturated carbocycles. The fraction of sp³-hybridized carbons (Fsp3) is 0.176. The van der Waals surface area contributed by atoms with E-state index in [-0.39, 0.29) is 0 Å². The van der Waals surface area contributed by atoms with Gasteiger partial charge in [-0.3, -0.25) is 0 Å². The predicted molar refractivity (Wildman–Crippen MR) is 78.6 cm³/mol. The lowest BCUT2D eigenvalue weighted by molar-refractivity contribution is 0.357. The third kappa shape index (κ3) is 2.11. The maximum Gasteiger partial charge on any atom is 0.130 e. The third-order valence-corrected chi connectivity index (χ3v) is 3.40. The van der Waals surface area contributed by atoms with E-state index in [4.69, 9.17) is 14.2 Å². The van der Waals surface area contributed by atoms with Gasteiger partial charge in [0.15, 0.2) is 0 Å². The molecule has 0 aromatic heterocycles. The van der Waals surface area contributed by atoms with Gasteiger partial charge >= 0.3 is 0 Å². The predicted octanol–water partition coefficient (Wildman–Crippen LogP) is 3.53. The van der Waals surface area contributed by atoms with Gasteiger partial charge in [0.2, 0.25) is 0 Å². The lowest BCUT2D eigenvalue weighted by Gasteiger charge is -2.20. The van der Waals surface area contributed by atoms with Crippen LogP contribution >= 0.6 is 0 Å². The Kier molecular flexibility index (Phi) is 3.33. The molecule has 1 aliphatic rings. The van der Waals surface area contributed by atoms with Crippen molar-refractivity contribution in [2.24, 2.45) is 0 Å². The lowest BCUT2D eigenvalue weighted by atomic mass is 9.94. The first-order valence-electron chi connectivity index (χ1n) is 6.48. The molecule has 2 aromatic carbocycles. The summed E-state index contributed by atoms with van der Waals surface area (Å²) in [6, 6.07) is 13.9. The largest absolute Gasteiger partial charge is 0.497 e. The molecule has 0 saturated heterocycles. The van der Waals surface area contributed by atoms with Crippen molar-refractivity contribution < 1.29 is 14.2 Å². The van der Waals surface area contributed by atoms with Gasteiger partial charge in [0.1, 0.15) is 23.9 Å². The van der Waals surface area contributed by atoms with Crippen LogP contribution in [0.4, 0.5) is 0 Å². The molecule has 1 aliphatic heterocycles. The van der Waals surface area contributed by atoms with Crippen LogP contribution in [0, 0.1) is 0 Å². The first-order valence-corrected chi connectivity index (χ1v) is 6.48. The summed E-state index contributed by atoms with van der Waals surface area (Å²) in [6.07, 6.45) is 2.08. The lowest BCUT2D eigenvalue weighted by Crippen LogP contribution is -2.06. The quantitative estimate of drug-likeness (QED) is 0.852. The third-order valence-electron chi connectivity index (χ3n) is 3.40. The number of rotatable bonds is 3. The molecule has 2 aromatic rings. The van der Waals surface area contributed by atoms with Crippen molar-refractivity contribution in [2.45, 2.75) is 0 Å². The van der Waals surface area contributed by atoms with Crippen LogP contribution in [0.5, 0.6) is 17.2 Å². The summed E-state index contributed by atoms with van der Waals surface area (Å²) < 4.78 is 16.4. The highest BCUT2D eigenvalue weighted by molar-refractivity contribution is 5.86. The molecule has 102 valence electrons. The van der Waals surface area contributed by atoms with E-state index in [1.807, 2.05) is 36.4 Å². The first-order chi connectivity index (χ1) is 9.83. The van der Waals surface area contributed by atoms with Crippen molar-refractivity contribution in [3.63, 3.8) is 0 Å². The van der Waals surface area contributed by atoms with Crippen molar-refractivity contribution in [3.8, 4) is 17.2 Å². The molecule has 3 heteroatoms. The van der Waals surface area contributed by atoms with E-state index in [2.05, 4.69) is 12.1 Å². The van der Waals surface area contributed by atoms with E-state index >= 15 is 0 Å². The first kappa shape index (κ1) is 12.6. The Balaban J connectivity index is 2.12. The fourth-order valence-electron chi connectivity index (χ4n) is 2.42. The molecule has 0 unspecified atom stereocenters. The second-order valence-electron chi connectivity index (χ2n) is 4.49. The Morgan fingerprint density at radius 1 is 0.950 bits per heavy atom. The second kappa shape index (κ2) is 5.29. The molecule has 0 amide bonds. The van der Waals surface area contributed by atoms with Crippen LogP contribution in [-0.4, -0.2) is 20.8 Å². The van der Waals surface area contributed by atoms with E-state index in [1.165, 1.54) is 0 Å². The van der Waals surface area contributed by atoms with Gasteiger partial charge in [-0.25, -0.2) is 0 Å². The minimum atomic E-state index is 0.571. The summed E-state index contributed by atoms with van der Waals surface area (Å²) in [5, 5.41) is 0. The summed E-state index contributed by atoms with van der Waals surface area (Å²) in [5.41, 5.74) is 3.26. The highest BCUT2D eigenvalue weighted by atomic mass is 16.5. The van der Waals surface area contributed by atoms with Crippen molar-refractivity contribution >= 4 is 5.57 Å². The molecule has 1 heterocycles. The van der Waals surface area contributed by atoms with Crippen molar-refractivity contribution in [1.29, 1.82) is 0 Å². The van der Waals surface area contributed by atoms with Crippen LogP contribution in [0.3, 0.4) is 0 Å². The molecule has 3 nitrogen and oxygen atoms in total. The average Bonchev–Trinajstić information content (AvgIpc) is 2.53. The van der Waals surface area contributed by atoms with E-state index in [0.717, 1.165) is 33.9 Å². The zero-order chi connectivity index (χ0) is 13.9. The minimum Gasteiger partial charge on any atom is -0.497 e. The van der Waals surface area contributed by atoms with Gasteiger partial charge in [0.25, 0.3) is 0 Å². The molecule has 0 fully saturated rings. The monoisotopic (exact) mass is 268 g/mol. The van der Waals surface area contributed by atoms with Gasteiger partial charge < -0.3 is 14.2 Å². The number of ether oxygens (including phenoxy) is 3. The molecule has 0 atom stereocenters. The number of methoxy groups -OCH3 is 2. The summed E-state index contributed by atoms with van der Waals surface area (Å²) in [6.45, 7) is 0.571. The maximum absolute atomic E-state index is 5.65. The Hall–Kier alpha value is -2.42. The van der Waals surface area contributed by atoms with Crippen LogP contribution in [-0.2, 0) is 0 Å². The summed E-state index contributed by atoms with van der Waals surface area (Å²) >= 11 is 0. The molecule has 0 N–H and O–H groups in total. The molecular weight excluding hydrogens is 252 g/mol. The molecule has 20 heavy (non-hydrogen) atoms. The standard InChI is InChI=1S/C17H16O3/c1-18-12-7-8-15(17(11-12)19-2)13-9-10-20-16-6-4-3-5-14(13)16/h3-9,11H,10H2,1-2H3. The Morgan fingerprint density at radius 3 is 2.60 bits per heavy atom. The normalized spacial score (nSPS) is 13.0. The van der Waals surface area contributed by atoms with Crippen LogP contribution in [0.25, 0.3) is 5.57 Å². The Bertz CT molecular complexity index is 659. The van der Waals surface area contributed by atoms with Crippen LogP contribution in [0.2, 0.25) is 0 Å². The Morgan fingerprint density at radius 2 is 1.80 bits per heavy atom. The molecule has 3 rings (SSSR count). The topological polar surface area (TPSA) is 27.7 Å².